The van der Waals surface area contributed by atoms with E-state index in [0.717, 1.165) is 26.2 Å². The van der Waals surface area contributed by atoms with Crippen molar-refractivity contribution in [2.75, 3.05) is 37.7 Å². The van der Waals surface area contributed by atoms with E-state index in [9.17, 15) is 8.42 Å². The van der Waals surface area contributed by atoms with E-state index in [0.29, 0.717) is 23.5 Å². The van der Waals surface area contributed by atoms with E-state index in [1.165, 1.54) is 32.1 Å². The average molecular weight is 288 g/mol. The summed E-state index contributed by atoms with van der Waals surface area (Å²) in [6, 6.07) is 0.631. The lowest BCUT2D eigenvalue weighted by molar-refractivity contribution is 0.206. The van der Waals surface area contributed by atoms with Crippen molar-refractivity contribution in [1.29, 1.82) is 0 Å². The maximum Gasteiger partial charge on any atom is 0.152 e. The van der Waals surface area contributed by atoms with Crippen LogP contribution in [-0.4, -0.2) is 57.0 Å². The molecule has 1 aliphatic heterocycles. The Hall–Kier alpha value is -0.130. The molecule has 2 fully saturated rings. The smallest absolute Gasteiger partial charge is 0.152 e. The summed E-state index contributed by atoms with van der Waals surface area (Å²) < 4.78 is 22.9. The van der Waals surface area contributed by atoms with Gasteiger partial charge in [-0.25, -0.2) is 8.42 Å². The van der Waals surface area contributed by atoms with Crippen LogP contribution in [0.4, 0.5) is 0 Å². The van der Waals surface area contributed by atoms with Gasteiger partial charge >= 0.3 is 0 Å². The van der Waals surface area contributed by atoms with Crippen molar-refractivity contribution in [3.63, 3.8) is 0 Å². The second-order valence-electron chi connectivity index (χ2n) is 6.01. The molecule has 0 bridgehead atoms. The van der Waals surface area contributed by atoms with Gasteiger partial charge in [-0.05, 0) is 25.3 Å². The molecule has 2 unspecified atom stereocenters. The van der Waals surface area contributed by atoms with Crippen LogP contribution in [0.3, 0.4) is 0 Å². The fourth-order valence-electron chi connectivity index (χ4n) is 3.40. The van der Waals surface area contributed by atoms with Gasteiger partial charge in [-0.1, -0.05) is 26.2 Å². The molecule has 4 nitrogen and oxygen atoms in total. The standard InChI is InChI=1S/C14H28N2O2S/c1-2-15-14-7-5-3-4-6-13(14)12-16-8-10-19(17,18)11-9-16/h13-15H,2-12H2,1H3. The molecule has 0 aromatic rings. The van der Waals surface area contributed by atoms with Gasteiger partial charge in [-0.3, -0.25) is 0 Å². The van der Waals surface area contributed by atoms with Crippen LogP contribution in [0.2, 0.25) is 0 Å². The lowest BCUT2D eigenvalue weighted by Gasteiger charge is -2.33. The molecule has 0 aromatic carbocycles. The Balaban J connectivity index is 1.88. The summed E-state index contributed by atoms with van der Waals surface area (Å²) in [7, 11) is -2.74. The van der Waals surface area contributed by atoms with Gasteiger partial charge in [0, 0.05) is 25.7 Å². The molecule has 1 saturated heterocycles. The molecule has 1 saturated carbocycles. The van der Waals surface area contributed by atoms with Crippen molar-refractivity contribution in [2.45, 2.75) is 45.1 Å². The van der Waals surface area contributed by atoms with Crippen molar-refractivity contribution in [2.24, 2.45) is 5.92 Å². The molecule has 0 amide bonds. The predicted octanol–water partition coefficient (Wildman–Crippen LogP) is 1.28. The lowest BCUT2D eigenvalue weighted by atomic mass is 9.94. The van der Waals surface area contributed by atoms with Crippen LogP contribution in [0.1, 0.15) is 39.0 Å². The van der Waals surface area contributed by atoms with Crippen molar-refractivity contribution in [3.05, 3.63) is 0 Å². The molecule has 0 aromatic heterocycles. The summed E-state index contributed by atoms with van der Waals surface area (Å²) in [5.74, 6) is 1.40. The van der Waals surface area contributed by atoms with E-state index in [1.54, 1.807) is 0 Å². The largest absolute Gasteiger partial charge is 0.314 e. The molecule has 1 aliphatic carbocycles. The molecular formula is C14H28N2O2S. The van der Waals surface area contributed by atoms with Gasteiger partial charge in [0.25, 0.3) is 0 Å². The number of nitrogens with zero attached hydrogens (tertiary/aromatic N) is 1. The van der Waals surface area contributed by atoms with E-state index >= 15 is 0 Å². The zero-order chi connectivity index (χ0) is 13.7. The molecule has 112 valence electrons. The van der Waals surface area contributed by atoms with E-state index < -0.39 is 9.84 Å². The minimum atomic E-state index is -2.74. The molecular weight excluding hydrogens is 260 g/mol. The van der Waals surface area contributed by atoms with Crippen LogP contribution >= 0.6 is 0 Å². The normalized spacial score (nSPS) is 32.9. The Kier molecular flexibility index (Phi) is 5.66. The van der Waals surface area contributed by atoms with Gasteiger partial charge in [-0.15, -0.1) is 0 Å². The predicted molar refractivity (Wildman–Crippen MR) is 79.1 cm³/mol. The summed E-state index contributed by atoms with van der Waals surface area (Å²) >= 11 is 0. The zero-order valence-electron chi connectivity index (χ0n) is 12.1. The molecule has 0 spiro atoms. The van der Waals surface area contributed by atoms with E-state index in [-0.39, 0.29) is 0 Å². The Morgan fingerprint density at radius 1 is 1.11 bits per heavy atom. The van der Waals surface area contributed by atoms with Crippen LogP contribution in [0.5, 0.6) is 0 Å². The highest BCUT2D eigenvalue weighted by molar-refractivity contribution is 7.91. The quantitative estimate of drug-likeness (QED) is 0.792. The van der Waals surface area contributed by atoms with E-state index in [1.807, 2.05) is 0 Å². The third-order valence-electron chi connectivity index (χ3n) is 4.56. The second kappa shape index (κ2) is 7.04. The topological polar surface area (TPSA) is 49.4 Å². The van der Waals surface area contributed by atoms with Gasteiger partial charge in [0.1, 0.15) is 0 Å². The second-order valence-corrected chi connectivity index (χ2v) is 8.32. The van der Waals surface area contributed by atoms with Crippen LogP contribution < -0.4 is 5.32 Å². The van der Waals surface area contributed by atoms with E-state index in [2.05, 4.69) is 17.1 Å². The van der Waals surface area contributed by atoms with Crippen LogP contribution in [0.15, 0.2) is 0 Å². The third kappa shape index (κ3) is 4.72. The van der Waals surface area contributed by atoms with Gasteiger partial charge in [0.15, 0.2) is 9.84 Å². The Morgan fingerprint density at radius 2 is 1.79 bits per heavy atom. The van der Waals surface area contributed by atoms with Crippen LogP contribution in [0, 0.1) is 5.92 Å². The number of hydrogen-bond donors (Lipinski definition) is 1. The van der Waals surface area contributed by atoms with E-state index in [4.69, 9.17) is 0 Å². The zero-order valence-corrected chi connectivity index (χ0v) is 12.9. The number of nitrogens with one attached hydrogen (secondary N) is 1. The van der Waals surface area contributed by atoms with Gasteiger partial charge < -0.3 is 10.2 Å². The van der Waals surface area contributed by atoms with Gasteiger partial charge in [-0.2, -0.15) is 0 Å². The Bertz CT molecular complexity index is 356. The minimum Gasteiger partial charge on any atom is -0.314 e. The SMILES string of the molecule is CCNC1CCCCCC1CN1CCS(=O)(=O)CC1. The molecule has 2 rings (SSSR count). The Morgan fingerprint density at radius 3 is 2.47 bits per heavy atom. The first-order valence-electron chi connectivity index (χ1n) is 7.77. The Labute approximate surface area is 117 Å². The van der Waals surface area contributed by atoms with Crippen molar-refractivity contribution < 1.29 is 8.42 Å². The van der Waals surface area contributed by atoms with Crippen molar-refractivity contribution >= 4 is 9.84 Å². The maximum atomic E-state index is 11.5. The monoisotopic (exact) mass is 288 g/mol. The molecule has 2 aliphatic rings. The highest BCUT2D eigenvalue weighted by Crippen LogP contribution is 2.25. The average Bonchev–Trinajstić information content (AvgIpc) is 2.59. The van der Waals surface area contributed by atoms with Crippen LogP contribution in [-0.2, 0) is 9.84 Å². The molecule has 19 heavy (non-hydrogen) atoms. The minimum absolute atomic E-state index is 0.353. The van der Waals surface area contributed by atoms with Crippen LogP contribution in [0.25, 0.3) is 0 Å². The van der Waals surface area contributed by atoms with Gasteiger partial charge in [0.2, 0.25) is 0 Å². The summed E-state index contributed by atoms with van der Waals surface area (Å²) in [6.07, 6.45) is 6.60. The molecule has 2 atom stereocenters. The van der Waals surface area contributed by atoms with Crippen molar-refractivity contribution in [1.82, 2.24) is 10.2 Å². The molecule has 0 radical (unpaired) electrons. The summed E-state index contributed by atoms with van der Waals surface area (Å²) in [4.78, 5) is 2.36. The number of hydrogen-bond acceptors (Lipinski definition) is 4. The van der Waals surface area contributed by atoms with Crippen molar-refractivity contribution in [3.8, 4) is 0 Å². The molecule has 1 heterocycles. The maximum absolute atomic E-state index is 11.5. The fourth-order valence-corrected chi connectivity index (χ4v) is 4.68. The highest BCUT2D eigenvalue weighted by atomic mass is 32.2. The first kappa shape index (κ1) is 15.3. The third-order valence-corrected chi connectivity index (χ3v) is 6.16. The highest BCUT2D eigenvalue weighted by Gasteiger charge is 2.28. The van der Waals surface area contributed by atoms with Gasteiger partial charge in [0.05, 0.1) is 11.5 Å². The summed E-state index contributed by atoms with van der Waals surface area (Å²) in [6.45, 7) is 5.76. The summed E-state index contributed by atoms with van der Waals surface area (Å²) in [5, 5.41) is 3.64. The number of rotatable bonds is 4. The first-order valence-corrected chi connectivity index (χ1v) is 9.59. The number of sulfone groups is 1. The molecule has 5 heteroatoms. The first-order chi connectivity index (χ1) is 9.11. The lowest BCUT2D eigenvalue weighted by Crippen LogP contribution is -2.46. The molecule has 1 N–H and O–H groups in total. The summed E-state index contributed by atoms with van der Waals surface area (Å²) in [5.41, 5.74) is 0. The fraction of sp³-hybridized carbons (Fsp3) is 1.00.